The van der Waals surface area contributed by atoms with Gasteiger partial charge in [-0.05, 0) is 26.3 Å². The zero-order chi connectivity index (χ0) is 13.0. The lowest BCUT2D eigenvalue weighted by atomic mass is 10.1. The van der Waals surface area contributed by atoms with Gasteiger partial charge >= 0.3 is 5.97 Å². The number of nitrogens with one attached hydrogen (secondary N) is 1. The van der Waals surface area contributed by atoms with Crippen LogP contribution in [0.3, 0.4) is 0 Å². The van der Waals surface area contributed by atoms with Gasteiger partial charge in [-0.3, -0.25) is 4.79 Å². The van der Waals surface area contributed by atoms with E-state index in [1.807, 2.05) is 0 Å². The smallest absolute Gasteiger partial charge is 0.326 e. The minimum atomic E-state index is -1.04. The van der Waals surface area contributed by atoms with E-state index in [1.165, 1.54) is 0 Å². The molecule has 1 heterocycles. The summed E-state index contributed by atoms with van der Waals surface area (Å²) in [7, 11) is 0. The summed E-state index contributed by atoms with van der Waals surface area (Å²) < 4.78 is 0. The Kier molecular flexibility index (Phi) is 4.14. The SMILES string of the molecule is CCC(NC(=O)c1cc(C)nnc1C)C(=O)O. The van der Waals surface area contributed by atoms with E-state index in [2.05, 4.69) is 15.5 Å². The molecule has 92 valence electrons. The molecule has 1 aromatic heterocycles. The van der Waals surface area contributed by atoms with Gasteiger partial charge < -0.3 is 10.4 Å². The van der Waals surface area contributed by atoms with E-state index >= 15 is 0 Å². The van der Waals surface area contributed by atoms with Crippen molar-refractivity contribution in [3.05, 3.63) is 23.0 Å². The topological polar surface area (TPSA) is 92.2 Å². The minimum Gasteiger partial charge on any atom is -0.480 e. The molecule has 1 unspecified atom stereocenters. The Labute approximate surface area is 99.1 Å². The summed E-state index contributed by atoms with van der Waals surface area (Å²) in [4.78, 5) is 22.7. The monoisotopic (exact) mass is 237 g/mol. The number of carbonyl (C=O) groups is 2. The molecule has 1 rings (SSSR count). The fourth-order valence-electron chi connectivity index (χ4n) is 1.35. The lowest BCUT2D eigenvalue weighted by molar-refractivity contribution is -0.139. The van der Waals surface area contributed by atoms with Crippen LogP contribution in [-0.4, -0.2) is 33.2 Å². The molecular formula is C11H15N3O3. The van der Waals surface area contributed by atoms with Crippen molar-refractivity contribution in [1.82, 2.24) is 15.5 Å². The number of hydrogen-bond acceptors (Lipinski definition) is 4. The maximum atomic E-state index is 11.8. The van der Waals surface area contributed by atoms with E-state index < -0.39 is 17.9 Å². The largest absolute Gasteiger partial charge is 0.480 e. The molecule has 0 aliphatic carbocycles. The number of aryl methyl sites for hydroxylation is 2. The molecule has 0 aliphatic heterocycles. The molecule has 0 bridgehead atoms. The molecule has 1 amide bonds. The number of carbonyl (C=O) groups excluding carboxylic acids is 1. The van der Waals surface area contributed by atoms with Crippen molar-refractivity contribution >= 4 is 11.9 Å². The van der Waals surface area contributed by atoms with Gasteiger partial charge in [0.15, 0.2) is 0 Å². The van der Waals surface area contributed by atoms with Crippen LogP contribution in [0.5, 0.6) is 0 Å². The van der Waals surface area contributed by atoms with Gasteiger partial charge in [0, 0.05) is 0 Å². The summed E-state index contributed by atoms with van der Waals surface area (Å²) in [5.74, 6) is -1.48. The Morgan fingerprint density at radius 3 is 2.59 bits per heavy atom. The van der Waals surface area contributed by atoms with Crippen LogP contribution in [0, 0.1) is 13.8 Å². The molecule has 6 nitrogen and oxygen atoms in total. The summed E-state index contributed by atoms with van der Waals surface area (Å²) >= 11 is 0. The Morgan fingerprint density at radius 1 is 1.41 bits per heavy atom. The summed E-state index contributed by atoms with van der Waals surface area (Å²) in [6, 6.07) is 0.710. The molecule has 0 aromatic carbocycles. The standard InChI is InChI=1S/C11H15N3O3/c1-4-9(11(16)17)12-10(15)8-5-6(2)13-14-7(8)3/h5,9H,4H2,1-3H3,(H,12,15)(H,16,17). The number of aromatic nitrogens is 2. The molecular weight excluding hydrogens is 222 g/mol. The first-order chi connectivity index (χ1) is 7.95. The third kappa shape index (κ3) is 3.24. The van der Waals surface area contributed by atoms with E-state index in [-0.39, 0.29) is 0 Å². The highest BCUT2D eigenvalue weighted by Gasteiger charge is 2.20. The number of carboxylic acids is 1. The van der Waals surface area contributed by atoms with Gasteiger partial charge in [0.1, 0.15) is 6.04 Å². The summed E-state index contributed by atoms with van der Waals surface area (Å²) in [5, 5.41) is 18.9. The van der Waals surface area contributed by atoms with Gasteiger partial charge in [0.05, 0.1) is 17.0 Å². The average molecular weight is 237 g/mol. The van der Waals surface area contributed by atoms with Crippen LogP contribution >= 0.6 is 0 Å². The summed E-state index contributed by atoms with van der Waals surface area (Å²) in [6.45, 7) is 5.07. The fraction of sp³-hybridized carbons (Fsp3) is 0.455. The zero-order valence-corrected chi connectivity index (χ0v) is 10.0. The van der Waals surface area contributed by atoms with Crippen molar-refractivity contribution in [1.29, 1.82) is 0 Å². The van der Waals surface area contributed by atoms with Crippen LogP contribution in [-0.2, 0) is 4.79 Å². The van der Waals surface area contributed by atoms with Gasteiger partial charge in [0.25, 0.3) is 5.91 Å². The quantitative estimate of drug-likeness (QED) is 0.803. The number of amides is 1. The van der Waals surface area contributed by atoms with Crippen molar-refractivity contribution in [2.75, 3.05) is 0 Å². The van der Waals surface area contributed by atoms with Crippen LogP contribution in [0.2, 0.25) is 0 Å². The first-order valence-electron chi connectivity index (χ1n) is 5.30. The lowest BCUT2D eigenvalue weighted by Crippen LogP contribution is -2.40. The highest BCUT2D eigenvalue weighted by molar-refractivity contribution is 5.97. The number of carboxylic acid groups (broad SMARTS) is 1. The normalized spacial score (nSPS) is 11.9. The summed E-state index contributed by atoms with van der Waals surface area (Å²) in [6.07, 6.45) is 0.331. The van der Waals surface area contributed by atoms with E-state index in [9.17, 15) is 9.59 Å². The van der Waals surface area contributed by atoms with Gasteiger partial charge in [0.2, 0.25) is 0 Å². The van der Waals surface area contributed by atoms with Gasteiger partial charge in [-0.15, -0.1) is 0 Å². The Morgan fingerprint density at radius 2 is 2.06 bits per heavy atom. The Hall–Kier alpha value is -1.98. The highest BCUT2D eigenvalue weighted by atomic mass is 16.4. The number of hydrogen-bond donors (Lipinski definition) is 2. The number of aliphatic carboxylic acids is 1. The maximum Gasteiger partial charge on any atom is 0.326 e. The second-order valence-corrected chi connectivity index (χ2v) is 3.76. The third-order valence-electron chi connectivity index (χ3n) is 2.36. The Bertz CT molecular complexity index is 446. The molecule has 0 saturated carbocycles. The van der Waals surface area contributed by atoms with Crippen LogP contribution < -0.4 is 5.32 Å². The molecule has 0 saturated heterocycles. The van der Waals surface area contributed by atoms with Crippen LogP contribution in [0.1, 0.15) is 35.1 Å². The van der Waals surface area contributed by atoms with E-state index in [0.717, 1.165) is 0 Å². The van der Waals surface area contributed by atoms with Crippen molar-refractivity contribution in [3.8, 4) is 0 Å². The second kappa shape index (κ2) is 5.38. The molecule has 1 atom stereocenters. The molecule has 17 heavy (non-hydrogen) atoms. The van der Waals surface area contributed by atoms with Crippen molar-refractivity contribution in [2.24, 2.45) is 0 Å². The molecule has 6 heteroatoms. The molecule has 0 aliphatic rings. The molecule has 0 radical (unpaired) electrons. The Balaban J connectivity index is 2.89. The average Bonchev–Trinajstić information content (AvgIpc) is 2.28. The minimum absolute atomic E-state index is 0.331. The number of nitrogens with zero attached hydrogens (tertiary/aromatic N) is 2. The lowest BCUT2D eigenvalue weighted by Gasteiger charge is -2.13. The first kappa shape index (κ1) is 13.1. The van der Waals surface area contributed by atoms with Crippen molar-refractivity contribution < 1.29 is 14.7 Å². The fourth-order valence-corrected chi connectivity index (χ4v) is 1.35. The van der Waals surface area contributed by atoms with E-state index in [4.69, 9.17) is 5.11 Å². The zero-order valence-electron chi connectivity index (χ0n) is 10.0. The molecule has 1 aromatic rings. The van der Waals surface area contributed by atoms with Crippen LogP contribution in [0.15, 0.2) is 6.07 Å². The molecule has 0 spiro atoms. The van der Waals surface area contributed by atoms with Gasteiger partial charge in [-0.2, -0.15) is 10.2 Å². The van der Waals surface area contributed by atoms with Crippen LogP contribution in [0.25, 0.3) is 0 Å². The van der Waals surface area contributed by atoms with Crippen molar-refractivity contribution in [3.63, 3.8) is 0 Å². The predicted molar refractivity (Wildman–Crippen MR) is 60.7 cm³/mol. The predicted octanol–water partition coefficient (Wildman–Crippen LogP) is 0.686. The van der Waals surface area contributed by atoms with Crippen molar-refractivity contribution in [2.45, 2.75) is 33.2 Å². The first-order valence-corrected chi connectivity index (χ1v) is 5.30. The number of rotatable bonds is 4. The van der Waals surface area contributed by atoms with Crippen LogP contribution in [0.4, 0.5) is 0 Å². The molecule has 2 N–H and O–H groups in total. The third-order valence-corrected chi connectivity index (χ3v) is 2.36. The second-order valence-electron chi connectivity index (χ2n) is 3.76. The highest BCUT2D eigenvalue weighted by Crippen LogP contribution is 2.06. The molecule has 0 fully saturated rings. The van der Waals surface area contributed by atoms with Gasteiger partial charge in [-0.25, -0.2) is 4.79 Å². The van der Waals surface area contributed by atoms with E-state index in [0.29, 0.717) is 23.4 Å². The summed E-state index contributed by atoms with van der Waals surface area (Å²) in [5.41, 5.74) is 1.45. The van der Waals surface area contributed by atoms with Gasteiger partial charge in [-0.1, -0.05) is 6.92 Å². The maximum absolute atomic E-state index is 11.8. The van der Waals surface area contributed by atoms with E-state index in [1.54, 1.807) is 26.8 Å².